The summed E-state index contributed by atoms with van der Waals surface area (Å²) in [7, 11) is -4.05. The quantitative estimate of drug-likeness (QED) is 0.567. The Bertz CT molecular complexity index is 1070. The number of sulfonamides is 1. The Labute approximate surface area is 154 Å². The van der Waals surface area contributed by atoms with Crippen LogP contribution < -0.4 is 15.4 Å². The summed E-state index contributed by atoms with van der Waals surface area (Å²) in [5.74, 6) is -1.80. The van der Waals surface area contributed by atoms with Crippen LogP contribution in [0.5, 0.6) is 0 Å². The lowest BCUT2D eigenvalue weighted by Gasteiger charge is -2.21. The van der Waals surface area contributed by atoms with Crippen LogP contribution >= 0.6 is 0 Å². The van der Waals surface area contributed by atoms with Crippen molar-refractivity contribution in [1.82, 2.24) is 10.6 Å². The maximum Gasteiger partial charge on any atom is 0.335 e. The van der Waals surface area contributed by atoms with Crippen molar-refractivity contribution in [3.8, 4) is 0 Å². The molecule has 27 heavy (non-hydrogen) atoms. The van der Waals surface area contributed by atoms with E-state index in [4.69, 9.17) is 5.11 Å². The molecule has 0 spiro atoms. The first kappa shape index (κ1) is 18.4. The molecule has 10 heteroatoms. The summed E-state index contributed by atoms with van der Waals surface area (Å²) in [5, 5.41) is 13.6. The third-order valence-electron chi connectivity index (χ3n) is 4.13. The summed E-state index contributed by atoms with van der Waals surface area (Å²) < 4.78 is 27.4. The van der Waals surface area contributed by atoms with Gasteiger partial charge in [-0.3, -0.25) is 14.8 Å². The van der Waals surface area contributed by atoms with Gasteiger partial charge in [-0.15, -0.1) is 0 Å². The Hall–Kier alpha value is -3.40. The Morgan fingerprint density at radius 3 is 2.44 bits per heavy atom. The minimum atomic E-state index is -4.05. The predicted molar refractivity (Wildman–Crippen MR) is 94.7 cm³/mol. The molecule has 3 rings (SSSR count). The monoisotopic (exact) mass is 389 g/mol. The van der Waals surface area contributed by atoms with Crippen molar-refractivity contribution in [3.63, 3.8) is 0 Å². The van der Waals surface area contributed by atoms with Crippen LogP contribution in [0.15, 0.2) is 53.4 Å². The highest BCUT2D eigenvalue weighted by Crippen LogP contribution is 2.27. The second-order valence-electron chi connectivity index (χ2n) is 6.05. The van der Waals surface area contributed by atoms with Gasteiger partial charge in [0.1, 0.15) is 5.54 Å². The third kappa shape index (κ3) is 3.47. The molecule has 0 aromatic heterocycles. The number of carboxylic acids is 1. The van der Waals surface area contributed by atoms with Crippen LogP contribution in [0, 0.1) is 0 Å². The third-order valence-corrected chi connectivity index (χ3v) is 5.51. The van der Waals surface area contributed by atoms with E-state index in [9.17, 15) is 22.8 Å². The normalized spacial score (nSPS) is 19.3. The van der Waals surface area contributed by atoms with Gasteiger partial charge in [0.2, 0.25) is 0 Å². The van der Waals surface area contributed by atoms with E-state index >= 15 is 0 Å². The number of carbonyl (C=O) groups excluding carboxylic acids is 2. The summed E-state index contributed by atoms with van der Waals surface area (Å²) in [4.78, 5) is 34.3. The number of urea groups is 1. The number of benzene rings is 2. The van der Waals surface area contributed by atoms with E-state index in [1.807, 2.05) is 0 Å². The van der Waals surface area contributed by atoms with Gasteiger partial charge in [-0.25, -0.2) is 18.0 Å². The summed E-state index contributed by atoms with van der Waals surface area (Å²) >= 11 is 0. The molecule has 0 bridgehead atoms. The smallest absolute Gasteiger partial charge is 0.335 e. The fourth-order valence-electron chi connectivity index (χ4n) is 2.65. The van der Waals surface area contributed by atoms with E-state index in [1.54, 1.807) is 6.07 Å². The molecular formula is C17H15N3O6S. The van der Waals surface area contributed by atoms with Gasteiger partial charge in [0, 0.05) is 5.69 Å². The minimum Gasteiger partial charge on any atom is -0.478 e. The van der Waals surface area contributed by atoms with E-state index in [2.05, 4.69) is 15.4 Å². The van der Waals surface area contributed by atoms with Gasteiger partial charge in [-0.05, 0) is 42.8 Å². The zero-order valence-electron chi connectivity index (χ0n) is 14.0. The van der Waals surface area contributed by atoms with E-state index in [0.29, 0.717) is 5.56 Å². The van der Waals surface area contributed by atoms with Gasteiger partial charge < -0.3 is 10.4 Å². The molecule has 1 aliphatic heterocycles. The number of carboxylic acid groups (broad SMARTS) is 1. The first-order valence-corrected chi connectivity index (χ1v) is 9.20. The van der Waals surface area contributed by atoms with Gasteiger partial charge in [-0.1, -0.05) is 18.2 Å². The van der Waals surface area contributed by atoms with Gasteiger partial charge in [0.05, 0.1) is 10.5 Å². The number of nitrogens with one attached hydrogen (secondary N) is 3. The molecule has 0 aliphatic carbocycles. The van der Waals surface area contributed by atoms with Crippen LogP contribution in [0.1, 0.15) is 22.8 Å². The Morgan fingerprint density at radius 1 is 1.11 bits per heavy atom. The Balaban J connectivity index is 1.92. The molecule has 1 heterocycles. The zero-order chi connectivity index (χ0) is 19.8. The molecule has 1 unspecified atom stereocenters. The van der Waals surface area contributed by atoms with Crippen molar-refractivity contribution in [2.45, 2.75) is 17.4 Å². The van der Waals surface area contributed by atoms with Crippen molar-refractivity contribution in [2.75, 3.05) is 4.72 Å². The average Bonchev–Trinajstić information content (AvgIpc) is 2.88. The zero-order valence-corrected chi connectivity index (χ0v) is 14.8. The lowest BCUT2D eigenvalue weighted by molar-refractivity contribution is -0.123. The molecule has 2 aromatic rings. The fraction of sp³-hybridized carbons (Fsp3) is 0.118. The molecule has 0 radical (unpaired) electrons. The number of hydrogen-bond acceptors (Lipinski definition) is 5. The van der Waals surface area contributed by atoms with E-state index in [-0.39, 0.29) is 16.1 Å². The lowest BCUT2D eigenvalue weighted by Crippen LogP contribution is -2.40. The average molecular weight is 389 g/mol. The highest BCUT2D eigenvalue weighted by molar-refractivity contribution is 7.92. The van der Waals surface area contributed by atoms with E-state index < -0.39 is 33.5 Å². The number of hydrogen-bond donors (Lipinski definition) is 4. The molecule has 1 fully saturated rings. The highest BCUT2D eigenvalue weighted by Gasteiger charge is 2.43. The maximum absolute atomic E-state index is 12.6. The molecule has 1 atom stereocenters. The predicted octanol–water partition coefficient (Wildman–Crippen LogP) is 1.24. The first-order chi connectivity index (χ1) is 12.6. The van der Waals surface area contributed by atoms with Crippen molar-refractivity contribution in [2.24, 2.45) is 0 Å². The van der Waals surface area contributed by atoms with Gasteiger partial charge in [0.15, 0.2) is 0 Å². The second kappa shape index (κ2) is 6.40. The van der Waals surface area contributed by atoms with Crippen molar-refractivity contribution < 1.29 is 27.9 Å². The minimum absolute atomic E-state index is 0.156. The Morgan fingerprint density at radius 2 is 1.81 bits per heavy atom. The van der Waals surface area contributed by atoms with Crippen LogP contribution in [0.3, 0.4) is 0 Å². The molecule has 2 aromatic carbocycles. The topological polar surface area (TPSA) is 142 Å². The van der Waals surface area contributed by atoms with Gasteiger partial charge in [0.25, 0.3) is 15.9 Å². The van der Waals surface area contributed by atoms with Crippen LogP contribution in [0.25, 0.3) is 0 Å². The largest absolute Gasteiger partial charge is 0.478 e. The van der Waals surface area contributed by atoms with Crippen molar-refractivity contribution in [1.29, 1.82) is 0 Å². The maximum atomic E-state index is 12.6. The molecule has 0 saturated carbocycles. The summed E-state index contributed by atoms with van der Waals surface area (Å²) in [6.07, 6.45) is 0. The summed E-state index contributed by atoms with van der Waals surface area (Å²) in [6.45, 7) is 1.50. The molecule has 1 saturated heterocycles. The van der Waals surface area contributed by atoms with Crippen molar-refractivity contribution in [3.05, 3.63) is 59.7 Å². The molecule has 140 valence electrons. The van der Waals surface area contributed by atoms with E-state index in [0.717, 1.165) is 6.07 Å². The van der Waals surface area contributed by atoms with Crippen LogP contribution in [-0.2, 0) is 20.4 Å². The van der Waals surface area contributed by atoms with Gasteiger partial charge in [-0.2, -0.15) is 0 Å². The highest BCUT2D eigenvalue weighted by atomic mass is 32.2. The number of rotatable bonds is 5. The summed E-state index contributed by atoms with van der Waals surface area (Å²) in [5.41, 5.74) is -0.958. The standard InChI is InChI=1S/C17H15N3O6S/c1-17(15(23)18-16(24)19-17)11-5-3-6-12(9-11)20-27(25,26)13-7-2-4-10(8-13)14(21)22/h2-9,20H,1H3,(H,21,22)(H2,18,19,23,24). The number of anilines is 1. The van der Waals surface area contributed by atoms with Gasteiger partial charge >= 0.3 is 12.0 Å². The number of amides is 3. The Kier molecular flexibility index (Phi) is 4.36. The second-order valence-corrected chi connectivity index (χ2v) is 7.73. The molecule has 4 N–H and O–H groups in total. The van der Waals surface area contributed by atoms with Crippen molar-refractivity contribution >= 4 is 33.6 Å². The molecule has 3 amide bonds. The van der Waals surface area contributed by atoms with Crippen LogP contribution in [0.4, 0.5) is 10.5 Å². The summed E-state index contributed by atoms with van der Waals surface area (Å²) in [6, 6.07) is 10.3. The first-order valence-electron chi connectivity index (χ1n) is 7.72. The van der Waals surface area contributed by atoms with Crippen LogP contribution in [0.2, 0.25) is 0 Å². The lowest BCUT2D eigenvalue weighted by atomic mass is 9.92. The fourth-order valence-corrected chi connectivity index (χ4v) is 3.75. The van der Waals surface area contributed by atoms with Crippen LogP contribution in [-0.4, -0.2) is 31.4 Å². The van der Waals surface area contributed by atoms with E-state index in [1.165, 1.54) is 43.3 Å². The SMILES string of the molecule is CC1(c2cccc(NS(=O)(=O)c3cccc(C(=O)O)c3)c2)NC(=O)NC1=O. The molecule has 9 nitrogen and oxygen atoms in total. The number of imide groups is 1. The molecular weight excluding hydrogens is 374 g/mol. The number of aromatic carboxylic acids is 1. The number of carbonyl (C=O) groups is 3. The molecule has 1 aliphatic rings.